The highest BCUT2D eigenvalue weighted by Gasteiger charge is 2.20. The van der Waals surface area contributed by atoms with Crippen LogP contribution in [-0.4, -0.2) is 5.11 Å². The fraction of sp³-hybridized carbons (Fsp3) is 0.333. The maximum absolute atomic E-state index is 9.81. The molecule has 0 aliphatic heterocycles. The van der Waals surface area contributed by atoms with Crippen molar-refractivity contribution >= 4 is 11.3 Å². The van der Waals surface area contributed by atoms with E-state index in [1.54, 1.807) is 24.3 Å². The molecule has 1 N–H and O–H groups in total. The van der Waals surface area contributed by atoms with Crippen LogP contribution >= 0.6 is 11.3 Å². The van der Waals surface area contributed by atoms with Gasteiger partial charge in [0.2, 0.25) is 0 Å². The van der Waals surface area contributed by atoms with E-state index in [1.165, 1.54) is 0 Å². The Balaban J connectivity index is 2.81. The van der Waals surface area contributed by atoms with Crippen LogP contribution in [0.1, 0.15) is 18.9 Å². The van der Waals surface area contributed by atoms with Crippen LogP contribution in [0.2, 0.25) is 0 Å². The van der Waals surface area contributed by atoms with Gasteiger partial charge in [-0.15, -0.1) is 6.58 Å². The Kier molecular flexibility index (Phi) is 2.47. The van der Waals surface area contributed by atoms with Crippen molar-refractivity contribution in [2.24, 2.45) is 0 Å². The van der Waals surface area contributed by atoms with E-state index in [0.717, 1.165) is 5.56 Å². The molecule has 1 nitrogen and oxygen atoms in total. The predicted octanol–water partition coefficient (Wildman–Crippen LogP) is 2.53. The Labute approximate surface area is 71.0 Å². The average Bonchev–Trinajstić information content (AvgIpc) is 2.37. The van der Waals surface area contributed by atoms with E-state index in [9.17, 15) is 5.11 Å². The summed E-state index contributed by atoms with van der Waals surface area (Å²) in [5, 5.41) is 13.7. The zero-order valence-electron chi connectivity index (χ0n) is 6.58. The van der Waals surface area contributed by atoms with E-state index in [0.29, 0.717) is 6.42 Å². The van der Waals surface area contributed by atoms with Crippen LogP contribution in [0.5, 0.6) is 0 Å². The number of aliphatic hydroxyl groups is 1. The summed E-state index contributed by atoms with van der Waals surface area (Å²) in [5.74, 6) is 0. The van der Waals surface area contributed by atoms with Crippen molar-refractivity contribution in [3.05, 3.63) is 35.0 Å². The van der Waals surface area contributed by atoms with Crippen LogP contribution in [0.25, 0.3) is 0 Å². The third-order valence-corrected chi connectivity index (χ3v) is 2.37. The third kappa shape index (κ3) is 1.91. The molecular weight excluding hydrogens is 156 g/mol. The van der Waals surface area contributed by atoms with Gasteiger partial charge in [0, 0.05) is 0 Å². The lowest BCUT2D eigenvalue weighted by atomic mass is 9.95. The van der Waals surface area contributed by atoms with E-state index in [4.69, 9.17) is 0 Å². The Hall–Kier alpha value is -0.600. The zero-order valence-corrected chi connectivity index (χ0v) is 7.40. The van der Waals surface area contributed by atoms with Gasteiger partial charge in [-0.05, 0) is 35.7 Å². The molecule has 0 bridgehead atoms. The lowest BCUT2D eigenvalue weighted by Gasteiger charge is -2.19. The summed E-state index contributed by atoms with van der Waals surface area (Å²) in [4.78, 5) is 0. The molecule has 11 heavy (non-hydrogen) atoms. The second kappa shape index (κ2) is 3.20. The highest BCUT2D eigenvalue weighted by Crippen LogP contribution is 2.26. The first-order valence-electron chi connectivity index (χ1n) is 3.53. The van der Waals surface area contributed by atoms with Crippen LogP contribution < -0.4 is 0 Å². The molecule has 0 aliphatic carbocycles. The Morgan fingerprint density at radius 3 is 3.00 bits per heavy atom. The van der Waals surface area contributed by atoms with E-state index >= 15 is 0 Å². The van der Waals surface area contributed by atoms with Gasteiger partial charge in [-0.2, -0.15) is 11.3 Å². The smallest absolute Gasteiger partial charge is 0.0910 e. The van der Waals surface area contributed by atoms with Crippen molar-refractivity contribution in [3.63, 3.8) is 0 Å². The molecule has 0 fully saturated rings. The molecule has 0 aromatic carbocycles. The number of hydrogen-bond donors (Lipinski definition) is 1. The molecule has 1 aromatic rings. The summed E-state index contributed by atoms with van der Waals surface area (Å²) in [6.07, 6.45) is 2.33. The fourth-order valence-corrected chi connectivity index (χ4v) is 1.75. The Morgan fingerprint density at radius 2 is 2.55 bits per heavy atom. The van der Waals surface area contributed by atoms with Gasteiger partial charge in [-0.3, -0.25) is 0 Å². The number of hydrogen-bond acceptors (Lipinski definition) is 2. The first-order valence-corrected chi connectivity index (χ1v) is 4.47. The molecule has 0 saturated heterocycles. The van der Waals surface area contributed by atoms with Gasteiger partial charge in [0.05, 0.1) is 5.60 Å². The van der Waals surface area contributed by atoms with Crippen molar-refractivity contribution in [2.75, 3.05) is 0 Å². The van der Waals surface area contributed by atoms with E-state index in [-0.39, 0.29) is 0 Å². The molecule has 1 rings (SSSR count). The Bertz CT molecular complexity index is 224. The first-order chi connectivity index (χ1) is 5.17. The molecule has 1 atom stereocenters. The molecular formula is C9H12OS. The maximum Gasteiger partial charge on any atom is 0.0910 e. The molecule has 1 heterocycles. The minimum absolute atomic E-state index is 0.601. The number of rotatable bonds is 3. The van der Waals surface area contributed by atoms with Crippen LogP contribution in [0.4, 0.5) is 0 Å². The first kappa shape index (κ1) is 8.50. The van der Waals surface area contributed by atoms with Gasteiger partial charge in [0.1, 0.15) is 0 Å². The largest absolute Gasteiger partial charge is 0.385 e. The van der Waals surface area contributed by atoms with Gasteiger partial charge in [0.15, 0.2) is 0 Å². The minimum atomic E-state index is -0.734. The topological polar surface area (TPSA) is 20.2 Å². The lowest BCUT2D eigenvalue weighted by Crippen LogP contribution is -2.18. The summed E-state index contributed by atoms with van der Waals surface area (Å²) in [6.45, 7) is 5.40. The van der Waals surface area contributed by atoms with Crippen LogP contribution in [0, 0.1) is 0 Å². The molecule has 2 heteroatoms. The van der Waals surface area contributed by atoms with E-state index in [1.807, 2.05) is 16.8 Å². The summed E-state index contributed by atoms with van der Waals surface area (Å²) in [5.41, 5.74) is 0.240. The minimum Gasteiger partial charge on any atom is -0.385 e. The predicted molar refractivity (Wildman–Crippen MR) is 48.7 cm³/mol. The molecule has 0 radical (unpaired) electrons. The van der Waals surface area contributed by atoms with Crippen LogP contribution in [0.3, 0.4) is 0 Å². The van der Waals surface area contributed by atoms with Gasteiger partial charge < -0.3 is 5.11 Å². The summed E-state index contributed by atoms with van der Waals surface area (Å²) in [6, 6.07) is 1.94. The summed E-state index contributed by atoms with van der Waals surface area (Å²) >= 11 is 1.60. The fourth-order valence-electron chi connectivity index (χ4n) is 0.970. The van der Waals surface area contributed by atoms with Crippen LogP contribution in [-0.2, 0) is 5.60 Å². The van der Waals surface area contributed by atoms with Gasteiger partial charge >= 0.3 is 0 Å². The standard InChI is InChI=1S/C9H12OS/c1-3-5-9(2,10)8-4-6-11-7-8/h3-4,6-7,10H,1,5H2,2H3. The summed E-state index contributed by atoms with van der Waals surface area (Å²) < 4.78 is 0. The quantitative estimate of drug-likeness (QED) is 0.688. The zero-order chi connectivity index (χ0) is 8.32. The molecule has 1 unspecified atom stereocenters. The molecule has 0 aliphatic rings. The van der Waals surface area contributed by atoms with Gasteiger partial charge in [-0.25, -0.2) is 0 Å². The lowest BCUT2D eigenvalue weighted by molar-refractivity contribution is 0.0611. The highest BCUT2D eigenvalue weighted by atomic mass is 32.1. The van der Waals surface area contributed by atoms with Crippen LogP contribution in [0.15, 0.2) is 29.5 Å². The highest BCUT2D eigenvalue weighted by molar-refractivity contribution is 7.08. The molecule has 0 spiro atoms. The number of thiophene rings is 1. The van der Waals surface area contributed by atoms with Gasteiger partial charge in [-0.1, -0.05) is 6.08 Å². The Morgan fingerprint density at radius 1 is 1.82 bits per heavy atom. The van der Waals surface area contributed by atoms with Crippen molar-refractivity contribution in [1.29, 1.82) is 0 Å². The second-order valence-electron chi connectivity index (χ2n) is 2.78. The van der Waals surface area contributed by atoms with Crippen molar-refractivity contribution in [2.45, 2.75) is 18.9 Å². The van der Waals surface area contributed by atoms with Crippen molar-refractivity contribution in [3.8, 4) is 0 Å². The molecule has 0 saturated carbocycles. The van der Waals surface area contributed by atoms with Gasteiger partial charge in [0.25, 0.3) is 0 Å². The second-order valence-corrected chi connectivity index (χ2v) is 3.56. The van der Waals surface area contributed by atoms with E-state index in [2.05, 4.69) is 6.58 Å². The van der Waals surface area contributed by atoms with E-state index < -0.39 is 5.60 Å². The van der Waals surface area contributed by atoms with Crippen molar-refractivity contribution in [1.82, 2.24) is 0 Å². The normalized spacial score (nSPS) is 15.8. The maximum atomic E-state index is 9.81. The SMILES string of the molecule is C=CCC(C)(O)c1ccsc1. The third-order valence-electron chi connectivity index (χ3n) is 1.68. The molecule has 60 valence electrons. The van der Waals surface area contributed by atoms with Crippen molar-refractivity contribution < 1.29 is 5.11 Å². The molecule has 1 aromatic heterocycles. The monoisotopic (exact) mass is 168 g/mol. The average molecular weight is 168 g/mol. The molecule has 0 amide bonds. The summed E-state index contributed by atoms with van der Waals surface area (Å²) in [7, 11) is 0.